The van der Waals surface area contributed by atoms with Crippen molar-refractivity contribution in [3.63, 3.8) is 0 Å². The molecule has 0 amide bonds. The second-order valence-corrected chi connectivity index (χ2v) is 6.82. The van der Waals surface area contributed by atoms with Crippen molar-refractivity contribution in [2.75, 3.05) is 26.9 Å². The average Bonchev–Trinajstić information content (AvgIpc) is 3.06. The molecule has 4 rings (SSSR count). The van der Waals surface area contributed by atoms with Crippen LogP contribution in [0.25, 0.3) is 0 Å². The van der Waals surface area contributed by atoms with Crippen molar-refractivity contribution in [3.8, 4) is 5.75 Å². The van der Waals surface area contributed by atoms with E-state index < -0.39 is 5.79 Å². The van der Waals surface area contributed by atoms with E-state index in [0.29, 0.717) is 13.2 Å². The van der Waals surface area contributed by atoms with Gasteiger partial charge in [0.15, 0.2) is 5.79 Å². The second-order valence-electron chi connectivity index (χ2n) is 6.82. The van der Waals surface area contributed by atoms with Crippen molar-refractivity contribution < 1.29 is 19.3 Å². The Labute approximate surface area is 137 Å². The van der Waals surface area contributed by atoms with Crippen molar-refractivity contribution in [3.05, 3.63) is 41.5 Å². The Kier molecular flexibility index (Phi) is 3.71. The summed E-state index contributed by atoms with van der Waals surface area (Å²) in [5.41, 5.74) is 2.55. The maximum atomic E-state index is 9.97. The smallest absolute Gasteiger partial charge is 0.188 e. The zero-order valence-electron chi connectivity index (χ0n) is 13.6. The Morgan fingerprint density at radius 1 is 1.22 bits per heavy atom. The first-order valence-corrected chi connectivity index (χ1v) is 8.48. The number of ether oxygens (including phenoxy) is 3. The lowest BCUT2D eigenvalue weighted by Crippen LogP contribution is -2.45. The van der Waals surface area contributed by atoms with Crippen LogP contribution >= 0.6 is 0 Å². The van der Waals surface area contributed by atoms with Crippen LogP contribution in [0.2, 0.25) is 0 Å². The molecule has 1 saturated heterocycles. The SMILES string of the molecule is COc1ccc2c(c1)CC[C@@H](CO)[C@@]21C=CC2(CC1)OCCO2. The van der Waals surface area contributed by atoms with Crippen molar-refractivity contribution >= 4 is 0 Å². The van der Waals surface area contributed by atoms with E-state index >= 15 is 0 Å². The molecular weight excluding hydrogens is 292 g/mol. The van der Waals surface area contributed by atoms with E-state index in [2.05, 4.69) is 24.3 Å². The standard InChI is InChI=1S/C19H24O4/c1-21-16-4-5-17-14(12-16)2-3-15(13-20)18(17)6-8-19(9-7-18)22-10-11-23-19/h4-6,8,12,15,20H,2-3,7,9-11,13H2,1H3/t15-,18-/m0/s1. The number of allylic oxidation sites excluding steroid dienone is 1. The molecule has 124 valence electrons. The summed E-state index contributed by atoms with van der Waals surface area (Å²) < 4.78 is 17.0. The normalized spacial score (nSPS) is 31.5. The Hall–Kier alpha value is -1.36. The van der Waals surface area contributed by atoms with Gasteiger partial charge in [-0.3, -0.25) is 0 Å². The minimum Gasteiger partial charge on any atom is -0.497 e. The van der Waals surface area contributed by atoms with Gasteiger partial charge in [-0.25, -0.2) is 0 Å². The summed E-state index contributed by atoms with van der Waals surface area (Å²) in [7, 11) is 1.70. The van der Waals surface area contributed by atoms with E-state index in [1.54, 1.807) is 7.11 Å². The van der Waals surface area contributed by atoms with Gasteiger partial charge in [0.1, 0.15) is 5.75 Å². The lowest BCUT2D eigenvalue weighted by molar-refractivity contribution is -0.131. The average molecular weight is 316 g/mol. The van der Waals surface area contributed by atoms with Gasteiger partial charge in [0.2, 0.25) is 0 Å². The van der Waals surface area contributed by atoms with Gasteiger partial charge in [-0.2, -0.15) is 0 Å². The number of aryl methyl sites for hydroxylation is 1. The van der Waals surface area contributed by atoms with Gasteiger partial charge in [-0.05, 0) is 54.5 Å². The summed E-state index contributed by atoms with van der Waals surface area (Å²) in [4.78, 5) is 0. The van der Waals surface area contributed by atoms with Gasteiger partial charge >= 0.3 is 0 Å². The van der Waals surface area contributed by atoms with Crippen molar-refractivity contribution in [1.82, 2.24) is 0 Å². The zero-order chi connectivity index (χ0) is 15.9. The Morgan fingerprint density at radius 3 is 2.70 bits per heavy atom. The highest BCUT2D eigenvalue weighted by atomic mass is 16.7. The number of aliphatic hydroxyl groups excluding tert-OH is 1. The van der Waals surface area contributed by atoms with Crippen LogP contribution in [0.5, 0.6) is 5.75 Å². The first kappa shape index (κ1) is 15.2. The quantitative estimate of drug-likeness (QED) is 0.852. The third kappa shape index (κ3) is 2.32. The van der Waals surface area contributed by atoms with Crippen LogP contribution in [0.1, 0.15) is 30.4 Å². The lowest BCUT2D eigenvalue weighted by Gasteiger charge is -2.47. The van der Waals surface area contributed by atoms with Gasteiger partial charge < -0.3 is 19.3 Å². The molecule has 2 atom stereocenters. The molecule has 1 aliphatic heterocycles. The highest BCUT2D eigenvalue weighted by Crippen LogP contribution is 2.51. The molecule has 23 heavy (non-hydrogen) atoms. The third-order valence-corrected chi connectivity index (χ3v) is 5.82. The number of methoxy groups -OCH3 is 1. The molecule has 3 aliphatic rings. The molecule has 1 aromatic carbocycles. The van der Waals surface area contributed by atoms with Crippen LogP contribution in [-0.2, 0) is 21.3 Å². The summed E-state index contributed by atoms with van der Waals surface area (Å²) in [5.74, 6) is 0.619. The Balaban J connectivity index is 1.77. The summed E-state index contributed by atoms with van der Waals surface area (Å²) in [5, 5.41) is 9.97. The number of hydrogen-bond acceptors (Lipinski definition) is 4. The predicted octanol–water partition coefficient (Wildman–Crippen LogP) is 2.58. The van der Waals surface area contributed by atoms with Crippen molar-refractivity contribution in [2.24, 2.45) is 5.92 Å². The molecule has 0 bridgehead atoms. The van der Waals surface area contributed by atoms with Crippen molar-refractivity contribution in [2.45, 2.75) is 36.9 Å². The minimum atomic E-state index is -0.532. The first-order valence-electron chi connectivity index (χ1n) is 8.48. The van der Waals surface area contributed by atoms with Crippen LogP contribution < -0.4 is 4.74 Å². The van der Waals surface area contributed by atoms with Gasteiger partial charge in [-0.15, -0.1) is 0 Å². The summed E-state index contributed by atoms with van der Waals surface area (Å²) in [6.45, 7) is 1.54. The minimum absolute atomic E-state index is 0.116. The number of benzene rings is 1. The molecule has 0 saturated carbocycles. The third-order valence-electron chi connectivity index (χ3n) is 5.82. The largest absolute Gasteiger partial charge is 0.497 e. The maximum Gasteiger partial charge on any atom is 0.188 e. The van der Waals surface area contributed by atoms with Crippen LogP contribution in [-0.4, -0.2) is 37.8 Å². The molecule has 4 heteroatoms. The number of aliphatic hydroxyl groups is 1. The van der Waals surface area contributed by atoms with Crippen LogP contribution in [0, 0.1) is 5.92 Å². The van der Waals surface area contributed by atoms with Gasteiger partial charge in [0.25, 0.3) is 0 Å². The number of rotatable bonds is 2. The molecule has 1 heterocycles. The fraction of sp³-hybridized carbons (Fsp3) is 0.579. The lowest BCUT2D eigenvalue weighted by atomic mass is 9.59. The molecule has 0 aromatic heterocycles. The summed E-state index contributed by atoms with van der Waals surface area (Å²) in [6, 6.07) is 6.35. The van der Waals surface area contributed by atoms with Crippen molar-refractivity contribution in [1.29, 1.82) is 0 Å². The highest BCUT2D eigenvalue weighted by Gasteiger charge is 2.48. The van der Waals surface area contributed by atoms with E-state index in [-0.39, 0.29) is 17.9 Å². The van der Waals surface area contributed by atoms with E-state index in [0.717, 1.165) is 31.4 Å². The van der Waals surface area contributed by atoms with E-state index in [1.165, 1.54) is 11.1 Å². The van der Waals surface area contributed by atoms with Gasteiger partial charge in [-0.1, -0.05) is 12.1 Å². The highest BCUT2D eigenvalue weighted by molar-refractivity contribution is 5.46. The van der Waals surface area contributed by atoms with E-state index in [4.69, 9.17) is 14.2 Å². The first-order chi connectivity index (χ1) is 11.2. The van der Waals surface area contributed by atoms with Gasteiger partial charge in [0.05, 0.1) is 20.3 Å². The van der Waals surface area contributed by atoms with Crippen LogP contribution in [0.3, 0.4) is 0 Å². The Morgan fingerprint density at radius 2 is 2.04 bits per heavy atom. The molecule has 2 spiro atoms. The molecule has 0 unspecified atom stereocenters. The van der Waals surface area contributed by atoms with E-state index in [1.807, 2.05) is 6.07 Å². The molecule has 1 N–H and O–H groups in total. The summed E-state index contributed by atoms with van der Waals surface area (Å²) in [6.07, 6.45) is 8.10. The van der Waals surface area contributed by atoms with E-state index in [9.17, 15) is 5.11 Å². The predicted molar refractivity (Wildman–Crippen MR) is 86.6 cm³/mol. The molecule has 2 aliphatic carbocycles. The topological polar surface area (TPSA) is 47.9 Å². The van der Waals surface area contributed by atoms with Gasteiger partial charge in [0, 0.05) is 18.4 Å². The molecule has 0 radical (unpaired) electrons. The van der Waals surface area contributed by atoms with Crippen LogP contribution in [0.4, 0.5) is 0 Å². The molecule has 1 aromatic rings. The molecular formula is C19H24O4. The second kappa shape index (κ2) is 5.62. The molecule has 4 nitrogen and oxygen atoms in total. The monoisotopic (exact) mass is 316 g/mol. The fourth-order valence-corrected chi connectivity index (χ4v) is 4.52. The summed E-state index contributed by atoms with van der Waals surface area (Å²) >= 11 is 0. The zero-order valence-corrected chi connectivity index (χ0v) is 13.6. The Bertz CT molecular complexity index is 618. The maximum absolute atomic E-state index is 9.97. The fourth-order valence-electron chi connectivity index (χ4n) is 4.52. The van der Waals surface area contributed by atoms with Crippen LogP contribution in [0.15, 0.2) is 30.4 Å². The molecule has 1 fully saturated rings. The number of fused-ring (bicyclic) bond motifs is 2. The number of hydrogen-bond donors (Lipinski definition) is 1.